The number of thiazole rings is 1. The molecule has 34 heavy (non-hydrogen) atoms. The van der Waals surface area contributed by atoms with Crippen LogP contribution in [0.25, 0.3) is 21.3 Å². The summed E-state index contributed by atoms with van der Waals surface area (Å²) in [6.45, 7) is 2.65. The summed E-state index contributed by atoms with van der Waals surface area (Å²) < 4.78 is 6.54. The smallest absolute Gasteiger partial charge is 0.257 e. The quantitative estimate of drug-likeness (QED) is 0.376. The number of carbonyl (C=O) groups excluding carboxylic acids is 1. The number of methoxy groups -OCH3 is 1. The molecule has 1 fully saturated rings. The molecule has 174 valence electrons. The van der Waals surface area contributed by atoms with Gasteiger partial charge in [-0.25, -0.2) is 9.99 Å². The van der Waals surface area contributed by atoms with Crippen LogP contribution >= 0.6 is 11.3 Å². The molecule has 0 unspecified atom stereocenters. The number of hydrogen-bond donors (Lipinski definition) is 2. The van der Waals surface area contributed by atoms with Gasteiger partial charge in [0.1, 0.15) is 11.3 Å². The minimum absolute atomic E-state index is 0.148. The van der Waals surface area contributed by atoms with Crippen molar-refractivity contribution in [1.29, 1.82) is 0 Å². The SMILES string of the molecule is COc1ccc(-c2ccccc2)c2sc(NC(=O)c3ccccc3CN3CCCCCN3)nc12. The number of benzene rings is 3. The number of rotatable bonds is 6. The van der Waals surface area contributed by atoms with Crippen LogP contribution in [-0.2, 0) is 6.54 Å². The Bertz CT molecular complexity index is 1280. The number of carbonyl (C=O) groups is 1. The first-order valence-corrected chi connectivity index (χ1v) is 12.5. The van der Waals surface area contributed by atoms with Crippen LogP contribution in [0.1, 0.15) is 35.2 Å². The van der Waals surface area contributed by atoms with Crippen molar-refractivity contribution in [3.8, 4) is 16.9 Å². The molecule has 0 aliphatic carbocycles. The van der Waals surface area contributed by atoms with E-state index in [1.807, 2.05) is 54.6 Å². The van der Waals surface area contributed by atoms with Crippen molar-refractivity contribution in [2.24, 2.45) is 0 Å². The van der Waals surface area contributed by atoms with Crippen LogP contribution < -0.4 is 15.5 Å². The first-order valence-electron chi connectivity index (χ1n) is 11.6. The van der Waals surface area contributed by atoms with Gasteiger partial charge in [-0.3, -0.25) is 15.5 Å². The number of nitrogens with one attached hydrogen (secondary N) is 2. The fourth-order valence-corrected chi connectivity index (χ4v) is 5.36. The molecule has 1 aromatic heterocycles. The van der Waals surface area contributed by atoms with Gasteiger partial charge in [0, 0.05) is 30.8 Å². The van der Waals surface area contributed by atoms with Crippen LogP contribution in [-0.4, -0.2) is 36.1 Å². The van der Waals surface area contributed by atoms with Crippen LogP contribution in [0.5, 0.6) is 5.75 Å². The number of fused-ring (bicyclic) bond motifs is 1. The maximum atomic E-state index is 13.3. The number of hydrazine groups is 1. The minimum atomic E-state index is -0.148. The van der Waals surface area contributed by atoms with Crippen molar-refractivity contribution in [2.45, 2.75) is 25.8 Å². The van der Waals surface area contributed by atoms with Crippen LogP contribution in [0.4, 0.5) is 5.13 Å². The van der Waals surface area contributed by atoms with E-state index in [9.17, 15) is 4.79 Å². The Hall–Kier alpha value is -3.26. The molecule has 0 spiro atoms. The fraction of sp³-hybridized carbons (Fsp3) is 0.259. The van der Waals surface area contributed by atoms with E-state index in [0.717, 1.165) is 40.0 Å². The fourth-order valence-electron chi connectivity index (χ4n) is 4.35. The lowest BCUT2D eigenvalue weighted by molar-refractivity contribution is 0.102. The molecular weight excluding hydrogens is 444 g/mol. The molecule has 0 bridgehead atoms. The van der Waals surface area contributed by atoms with Gasteiger partial charge in [-0.2, -0.15) is 0 Å². The summed E-state index contributed by atoms with van der Waals surface area (Å²) in [6.07, 6.45) is 3.58. The zero-order valence-electron chi connectivity index (χ0n) is 19.2. The second kappa shape index (κ2) is 10.3. The molecule has 0 saturated carbocycles. The average Bonchev–Trinajstić information content (AvgIpc) is 3.12. The average molecular weight is 473 g/mol. The van der Waals surface area contributed by atoms with E-state index in [0.29, 0.717) is 23.0 Å². The normalized spacial score (nSPS) is 14.6. The van der Waals surface area contributed by atoms with E-state index >= 15 is 0 Å². The van der Waals surface area contributed by atoms with Gasteiger partial charge in [0.15, 0.2) is 5.13 Å². The number of nitrogens with zero attached hydrogens (tertiary/aromatic N) is 2. The zero-order valence-corrected chi connectivity index (χ0v) is 20.0. The third-order valence-corrected chi connectivity index (χ3v) is 7.10. The van der Waals surface area contributed by atoms with Crippen molar-refractivity contribution in [2.75, 3.05) is 25.5 Å². The van der Waals surface area contributed by atoms with E-state index in [2.05, 4.69) is 27.9 Å². The van der Waals surface area contributed by atoms with E-state index in [1.165, 1.54) is 30.6 Å². The summed E-state index contributed by atoms with van der Waals surface area (Å²) in [5, 5.41) is 5.82. The second-order valence-corrected chi connectivity index (χ2v) is 9.38. The Kier molecular flexibility index (Phi) is 6.85. The maximum Gasteiger partial charge on any atom is 0.257 e. The molecule has 7 heteroatoms. The number of aromatic nitrogens is 1. The number of amides is 1. The van der Waals surface area contributed by atoms with Crippen LogP contribution in [0.3, 0.4) is 0 Å². The minimum Gasteiger partial charge on any atom is -0.494 e. The Labute approximate surface area is 203 Å². The third-order valence-electron chi connectivity index (χ3n) is 6.10. The van der Waals surface area contributed by atoms with Gasteiger partial charge in [-0.1, -0.05) is 66.3 Å². The van der Waals surface area contributed by atoms with Crippen molar-refractivity contribution in [3.05, 3.63) is 77.9 Å². The van der Waals surface area contributed by atoms with Gasteiger partial charge < -0.3 is 4.74 Å². The highest BCUT2D eigenvalue weighted by Crippen LogP contribution is 2.39. The Morgan fingerprint density at radius 2 is 1.88 bits per heavy atom. The highest BCUT2D eigenvalue weighted by molar-refractivity contribution is 7.23. The van der Waals surface area contributed by atoms with Gasteiger partial charge >= 0.3 is 0 Å². The highest BCUT2D eigenvalue weighted by atomic mass is 32.1. The predicted molar refractivity (Wildman–Crippen MR) is 138 cm³/mol. The molecule has 1 saturated heterocycles. The van der Waals surface area contributed by atoms with Crippen LogP contribution in [0.2, 0.25) is 0 Å². The van der Waals surface area contributed by atoms with Crippen molar-refractivity contribution < 1.29 is 9.53 Å². The summed E-state index contributed by atoms with van der Waals surface area (Å²) in [4.78, 5) is 18.0. The number of hydrogen-bond acceptors (Lipinski definition) is 6. The molecular formula is C27H28N4O2S. The van der Waals surface area contributed by atoms with Gasteiger partial charge in [0.25, 0.3) is 5.91 Å². The molecule has 2 N–H and O–H groups in total. The topological polar surface area (TPSA) is 66.5 Å². The van der Waals surface area contributed by atoms with Crippen LogP contribution in [0, 0.1) is 0 Å². The van der Waals surface area contributed by atoms with E-state index in [4.69, 9.17) is 9.72 Å². The molecule has 0 atom stereocenters. The van der Waals surface area contributed by atoms with Gasteiger partial charge in [-0.15, -0.1) is 0 Å². The summed E-state index contributed by atoms with van der Waals surface area (Å²) in [5.41, 5.74) is 8.07. The molecule has 6 nitrogen and oxygen atoms in total. The lowest BCUT2D eigenvalue weighted by Gasteiger charge is -2.22. The van der Waals surface area contributed by atoms with Gasteiger partial charge in [-0.05, 0) is 42.2 Å². The molecule has 4 aromatic rings. The molecule has 0 radical (unpaired) electrons. The summed E-state index contributed by atoms with van der Waals surface area (Å²) in [6, 6.07) is 22.0. The van der Waals surface area contributed by atoms with Gasteiger partial charge in [0.05, 0.1) is 11.8 Å². The lowest BCUT2D eigenvalue weighted by Crippen LogP contribution is -2.37. The number of ether oxygens (including phenoxy) is 1. The van der Waals surface area contributed by atoms with Crippen molar-refractivity contribution in [1.82, 2.24) is 15.4 Å². The molecule has 1 amide bonds. The van der Waals surface area contributed by atoms with Crippen LogP contribution in [0.15, 0.2) is 66.7 Å². The molecule has 1 aliphatic rings. The monoisotopic (exact) mass is 472 g/mol. The molecule has 1 aliphatic heterocycles. The number of anilines is 1. The summed E-state index contributed by atoms with van der Waals surface area (Å²) in [7, 11) is 1.64. The summed E-state index contributed by atoms with van der Waals surface area (Å²) >= 11 is 1.47. The maximum absolute atomic E-state index is 13.3. The Morgan fingerprint density at radius 1 is 1.06 bits per heavy atom. The molecule has 5 rings (SSSR count). The highest BCUT2D eigenvalue weighted by Gasteiger charge is 2.19. The van der Waals surface area contributed by atoms with E-state index < -0.39 is 0 Å². The molecule has 2 heterocycles. The van der Waals surface area contributed by atoms with E-state index in [1.54, 1.807) is 7.11 Å². The second-order valence-electron chi connectivity index (χ2n) is 8.38. The van der Waals surface area contributed by atoms with Gasteiger partial charge in [0.2, 0.25) is 0 Å². The third kappa shape index (κ3) is 4.82. The van der Waals surface area contributed by atoms with Crippen molar-refractivity contribution in [3.63, 3.8) is 0 Å². The van der Waals surface area contributed by atoms with Crippen molar-refractivity contribution >= 4 is 32.6 Å². The lowest BCUT2D eigenvalue weighted by atomic mass is 10.1. The Balaban J connectivity index is 1.43. The molecule has 3 aromatic carbocycles. The standard InChI is InChI=1S/C27H28N4O2S/c1-33-23-15-14-21(19-10-4-2-5-11-19)25-24(23)29-27(34-25)30-26(32)22-13-7-6-12-20(22)18-31-17-9-3-8-16-28-31/h2,4-7,10-15,28H,3,8-9,16-18H2,1H3,(H,29,30,32). The predicted octanol–water partition coefficient (Wildman–Crippen LogP) is 5.71. The first-order chi connectivity index (χ1) is 16.7. The Morgan fingerprint density at radius 3 is 2.74 bits per heavy atom. The zero-order chi connectivity index (χ0) is 23.3. The largest absolute Gasteiger partial charge is 0.494 e. The summed E-state index contributed by atoms with van der Waals surface area (Å²) in [5.74, 6) is 0.545. The van der Waals surface area contributed by atoms with E-state index in [-0.39, 0.29) is 5.91 Å². The first kappa shape index (κ1) is 22.5.